The summed E-state index contributed by atoms with van der Waals surface area (Å²) >= 11 is 3.39. The zero-order chi connectivity index (χ0) is 16.9. The number of hydrogen-bond acceptors (Lipinski definition) is 5. The van der Waals surface area contributed by atoms with Gasteiger partial charge in [0.2, 0.25) is 0 Å². The summed E-state index contributed by atoms with van der Waals surface area (Å²) in [5.41, 5.74) is 1.73. The van der Waals surface area contributed by atoms with E-state index in [0.717, 1.165) is 32.8 Å². The lowest BCUT2D eigenvalue weighted by molar-refractivity contribution is 0.0361. The molecule has 7 heteroatoms. The first-order chi connectivity index (χ1) is 11.6. The van der Waals surface area contributed by atoms with E-state index in [-0.39, 0.29) is 11.6 Å². The molecule has 6 nitrogen and oxygen atoms in total. The monoisotopic (exact) mass is 392 g/mol. The smallest absolute Gasteiger partial charge is 0.282 e. The first kappa shape index (κ1) is 17.1. The number of benzene rings is 1. The van der Waals surface area contributed by atoms with Crippen molar-refractivity contribution in [2.75, 3.05) is 38.2 Å². The van der Waals surface area contributed by atoms with Crippen LogP contribution >= 0.6 is 15.9 Å². The summed E-state index contributed by atoms with van der Waals surface area (Å²) < 4.78 is 7.25. The van der Waals surface area contributed by atoms with Gasteiger partial charge >= 0.3 is 0 Å². The average molecular weight is 393 g/mol. The summed E-state index contributed by atoms with van der Waals surface area (Å²) in [7, 11) is 1.64. The van der Waals surface area contributed by atoms with Gasteiger partial charge in [-0.15, -0.1) is 0 Å². The van der Waals surface area contributed by atoms with Crippen LogP contribution in [0.15, 0.2) is 45.8 Å². The molecule has 0 bridgehead atoms. The molecular weight excluding hydrogens is 372 g/mol. The number of ether oxygens (including phenoxy) is 1. The highest BCUT2D eigenvalue weighted by Gasteiger charge is 2.20. The van der Waals surface area contributed by atoms with Crippen LogP contribution in [0.4, 0.5) is 5.69 Å². The molecule has 1 aromatic carbocycles. The Labute approximate surface area is 149 Å². The van der Waals surface area contributed by atoms with E-state index >= 15 is 0 Å². The van der Waals surface area contributed by atoms with Crippen LogP contribution in [0.1, 0.15) is 11.6 Å². The molecule has 128 valence electrons. The number of morpholine rings is 1. The molecule has 1 aromatic heterocycles. The minimum absolute atomic E-state index is 0.0644. The van der Waals surface area contributed by atoms with Gasteiger partial charge in [0.25, 0.3) is 5.56 Å². The lowest BCUT2D eigenvalue weighted by Gasteiger charge is -2.31. The molecule has 1 aliphatic rings. The highest BCUT2D eigenvalue weighted by Crippen LogP contribution is 2.24. The van der Waals surface area contributed by atoms with E-state index in [2.05, 4.69) is 43.4 Å². The predicted molar refractivity (Wildman–Crippen MR) is 97.2 cm³/mol. The van der Waals surface area contributed by atoms with Crippen LogP contribution in [0.3, 0.4) is 0 Å². The van der Waals surface area contributed by atoms with Crippen LogP contribution in [0.25, 0.3) is 0 Å². The molecule has 0 saturated carbocycles. The summed E-state index contributed by atoms with van der Waals surface area (Å²) in [6.07, 6.45) is 1.68. The van der Waals surface area contributed by atoms with Gasteiger partial charge in [0.15, 0.2) is 0 Å². The number of aryl methyl sites for hydroxylation is 1. The summed E-state index contributed by atoms with van der Waals surface area (Å²) in [5, 5.41) is 7.58. The molecule has 24 heavy (non-hydrogen) atoms. The van der Waals surface area contributed by atoms with E-state index in [1.807, 2.05) is 18.2 Å². The maximum absolute atomic E-state index is 12.1. The van der Waals surface area contributed by atoms with Crippen molar-refractivity contribution in [3.8, 4) is 0 Å². The highest BCUT2D eigenvalue weighted by atomic mass is 79.9. The van der Waals surface area contributed by atoms with Crippen LogP contribution < -0.4 is 10.9 Å². The van der Waals surface area contributed by atoms with Gasteiger partial charge < -0.3 is 10.1 Å². The SMILES string of the molecule is Cn1ncc(NC(CN2CCOCC2)c2ccccc2)c(Br)c1=O. The molecule has 2 aromatic rings. The number of hydrogen-bond donors (Lipinski definition) is 1. The van der Waals surface area contributed by atoms with Crippen molar-refractivity contribution in [1.82, 2.24) is 14.7 Å². The van der Waals surface area contributed by atoms with E-state index in [1.54, 1.807) is 13.2 Å². The molecule has 0 spiro atoms. The van der Waals surface area contributed by atoms with Gasteiger partial charge in [0, 0.05) is 26.7 Å². The number of aromatic nitrogens is 2. The van der Waals surface area contributed by atoms with Gasteiger partial charge in [-0.25, -0.2) is 4.68 Å². The number of nitrogens with one attached hydrogen (secondary N) is 1. The Balaban J connectivity index is 1.84. The fourth-order valence-electron chi connectivity index (χ4n) is 2.76. The molecule has 1 saturated heterocycles. The molecule has 1 N–H and O–H groups in total. The van der Waals surface area contributed by atoms with Gasteiger partial charge in [-0.3, -0.25) is 9.69 Å². The molecule has 1 unspecified atom stereocenters. The van der Waals surface area contributed by atoms with Crippen molar-refractivity contribution < 1.29 is 4.74 Å². The quantitative estimate of drug-likeness (QED) is 0.843. The summed E-state index contributed by atoms with van der Waals surface area (Å²) in [6, 6.07) is 10.3. The number of rotatable bonds is 5. The second kappa shape index (κ2) is 7.92. The van der Waals surface area contributed by atoms with Crippen LogP contribution in [-0.4, -0.2) is 47.5 Å². The first-order valence-electron chi connectivity index (χ1n) is 7.98. The van der Waals surface area contributed by atoms with Gasteiger partial charge in [-0.1, -0.05) is 30.3 Å². The van der Waals surface area contributed by atoms with Crippen LogP contribution in [0.2, 0.25) is 0 Å². The topological polar surface area (TPSA) is 59.4 Å². The van der Waals surface area contributed by atoms with Crippen molar-refractivity contribution >= 4 is 21.6 Å². The standard InChI is InChI=1S/C17H21BrN4O2/c1-21-17(23)16(18)14(11-19-21)20-15(13-5-3-2-4-6-13)12-22-7-9-24-10-8-22/h2-6,11,15,20H,7-10,12H2,1H3. The Morgan fingerprint density at radius 3 is 2.71 bits per heavy atom. The Kier molecular flexibility index (Phi) is 5.65. The predicted octanol–water partition coefficient (Wildman–Crippen LogP) is 2.03. The van der Waals surface area contributed by atoms with Crippen molar-refractivity contribution in [2.45, 2.75) is 6.04 Å². The van der Waals surface area contributed by atoms with Gasteiger partial charge in [0.1, 0.15) is 4.47 Å². The number of nitrogens with zero attached hydrogens (tertiary/aromatic N) is 3. The zero-order valence-electron chi connectivity index (χ0n) is 13.6. The zero-order valence-corrected chi connectivity index (χ0v) is 15.2. The molecule has 2 heterocycles. The summed E-state index contributed by atoms with van der Waals surface area (Å²) in [6.45, 7) is 4.20. The van der Waals surface area contributed by atoms with E-state index in [4.69, 9.17) is 4.74 Å². The average Bonchev–Trinajstić information content (AvgIpc) is 2.63. The molecule has 3 rings (SSSR count). The molecule has 0 radical (unpaired) electrons. The second-order valence-electron chi connectivity index (χ2n) is 5.82. The van der Waals surface area contributed by atoms with Gasteiger partial charge in [-0.05, 0) is 21.5 Å². The minimum Gasteiger partial charge on any atom is -0.379 e. The highest BCUT2D eigenvalue weighted by molar-refractivity contribution is 9.10. The maximum atomic E-state index is 12.1. The summed E-state index contributed by atoms with van der Waals surface area (Å²) in [5.74, 6) is 0. The molecular formula is C17H21BrN4O2. The Hall–Kier alpha value is -1.70. The van der Waals surface area contributed by atoms with Crippen LogP contribution in [0, 0.1) is 0 Å². The minimum atomic E-state index is -0.154. The van der Waals surface area contributed by atoms with E-state index in [1.165, 1.54) is 10.2 Å². The van der Waals surface area contributed by atoms with E-state index < -0.39 is 0 Å². The van der Waals surface area contributed by atoms with Crippen molar-refractivity contribution in [3.63, 3.8) is 0 Å². The molecule has 0 aliphatic carbocycles. The maximum Gasteiger partial charge on any atom is 0.282 e. The second-order valence-corrected chi connectivity index (χ2v) is 6.61. The van der Waals surface area contributed by atoms with Crippen LogP contribution in [-0.2, 0) is 11.8 Å². The van der Waals surface area contributed by atoms with Crippen molar-refractivity contribution in [1.29, 1.82) is 0 Å². The molecule has 1 atom stereocenters. The first-order valence-corrected chi connectivity index (χ1v) is 8.78. The normalized spacial score (nSPS) is 16.8. The third-order valence-electron chi connectivity index (χ3n) is 4.15. The molecule has 1 fully saturated rings. The molecule has 0 amide bonds. The van der Waals surface area contributed by atoms with E-state index in [9.17, 15) is 4.79 Å². The van der Waals surface area contributed by atoms with Crippen molar-refractivity contribution in [2.24, 2.45) is 7.05 Å². The largest absolute Gasteiger partial charge is 0.379 e. The lowest BCUT2D eigenvalue weighted by Crippen LogP contribution is -2.40. The van der Waals surface area contributed by atoms with E-state index in [0.29, 0.717) is 10.2 Å². The Morgan fingerprint density at radius 2 is 2.00 bits per heavy atom. The van der Waals surface area contributed by atoms with Crippen LogP contribution in [0.5, 0.6) is 0 Å². The third kappa shape index (κ3) is 4.03. The molecule has 1 aliphatic heterocycles. The van der Waals surface area contributed by atoms with Crippen molar-refractivity contribution in [3.05, 3.63) is 56.9 Å². The fourth-order valence-corrected chi connectivity index (χ4v) is 3.23. The van der Waals surface area contributed by atoms with Gasteiger partial charge in [-0.2, -0.15) is 5.10 Å². The third-order valence-corrected chi connectivity index (χ3v) is 4.92. The summed E-state index contributed by atoms with van der Waals surface area (Å²) in [4.78, 5) is 14.5. The number of halogens is 1. The van der Waals surface area contributed by atoms with Gasteiger partial charge in [0.05, 0.1) is 31.1 Å². The lowest BCUT2D eigenvalue weighted by atomic mass is 10.1. The number of anilines is 1. The Bertz CT molecular complexity index is 729. The Morgan fingerprint density at radius 1 is 1.29 bits per heavy atom. The fraction of sp³-hybridized carbons (Fsp3) is 0.412.